The molecule has 1 aromatic heterocycles. The lowest BCUT2D eigenvalue weighted by molar-refractivity contribution is 0.0167. The maximum absolute atomic E-state index is 9.80. The van der Waals surface area contributed by atoms with Gasteiger partial charge in [0.05, 0.1) is 13.2 Å². The van der Waals surface area contributed by atoms with Gasteiger partial charge in [0, 0.05) is 4.90 Å². The van der Waals surface area contributed by atoms with Crippen LogP contribution in [0.3, 0.4) is 0 Å². The van der Waals surface area contributed by atoms with Crippen LogP contribution in [0.5, 0.6) is 0 Å². The molecule has 0 spiro atoms. The van der Waals surface area contributed by atoms with Crippen molar-refractivity contribution < 1.29 is 14.6 Å². The summed E-state index contributed by atoms with van der Waals surface area (Å²) in [6.45, 7) is 0.745. The summed E-state index contributed by atoms with van der Waals surface area (Å²) in [6, 6.07) is 9.83. The number of aromatic nitrogens is 4. The van der Waals surface area contributed by atoms with Crippen molar-refractivity contribution in [1.82, 2.24) is 20.2 Å². The smallest absolute Gasteiger partial charge is 0.214 e. The van der Waals surface area contributed by atoms with Crippen molar-refractivity contribution in [2.75, 3.05) is 13.2 Å². The molecule has 8 heteroatoms. The molecule has 7 nitrogen and oxygen atoms in total. The van der Waals surface area contributed by atoms with Crippen LogP contribution in [0.15, 0.2) is 40.4 Å². The van der Waals surface area contributed by atoms with Crippen molar-refractivity contribution in [3.05, 3.63) is 30.3 Å². The molecule has 1 aromatic carbocycles. The van der Waals surface area contributed by atoms with Crippen LogP contribution < -0.4 is 0 Å². The molecule has 2 aliphatic rings. The fourth-order valence-corrected chi connectivity index (χ4v) is 3.57. The Morgan fingerprint density at radius 1 is 1.14 bits per heavy atom. The topological polar surface area (TPSA) is 82.3 Å². The number of hydrogen-bond acceptors (Lipinski definition) is 7. The molecule has 4 rings (SSSR count). The maximum Gasteiger partial charge on any atom is 0.214 e. The van der Waals surface area contributed by atoms with Gasteiger partial charge < -0.3 is 14.6 Å². The van der Waals surface area contributed by atoms with Crippen LogP contribution in [0, 0.1) is 0 Å². The number of aliphatic hydroxyl groups excluding tert-OH is 1. The van der Waals surface area contributed by atoms with Crippen LogP contribution in [-0.2, 0) is 9.47 Å². The molecule has 2 saturated heterocycles. The lowest BCUT2D eigenvalue weighted by atomic mass is 10.1. The van der Waals surface area contributed by atoms with E-state index in [1.165, 1.54) is 11.8 Å². The van der Waals surface area contributed by atoms with Crippen LogP contribution in [0.25, 0.3) is 0 Å². The molecule has 110 valence electrons. The highest BCUT2D eigenvalue weighted by Gasteiger charge is 2.49. The number of aliphatic hydroxyl groups is 1. The van der Waals surface area contributed by atoms with E-state index in [1.54, 1.807) is 4.68 Å². The Hall–Kier alpha value is -1.48. The zero-order chi connectivity index (χ0) is 14.2. The van der Waals surface area contributed by atoms with Crippen molar-refractivity contribution in [3.63, 3.8) is 0 Å². The second-order valence-corrected chi connectivity index (χ2v) is 6.09. The first-order valence-electron chi connectivity index (χ1n) is 6.75. The minimum absolute atomic E-state index is 0.103. The maximum atomic E-state index is 9.80. The van der Waals surface area contributed by atoms with Crippen molar-refractivity contribution in [2.45, 2.75) is 34.4 Å². The van der Waals surface area contributed by atoms with E-state index in [9.17, 15) is 5.11 Å². The minimum Gasteiger partial charge on any atom is -0.388 e. The molecule has 2 aromatic rings. The molecule has 0 saturated carbocycles. The summed E-state index contributed by atoms with van der Waals surface area (Å²) in [5.74, 6) is 0. The Bertz CT molecular complexity index is 623. The summed E-state index contributed by atoms with van der Waals surface area (Å²) in [5, 5.41) is 22.4. The molecule has 21 heavy (non-hydrogen) atoms. The zero-order valence-electron chi connectivity index (χ0n) is 11.1. The Morgan fingerprint density at radius 2 is 1.95 bits per heavy atom. The number of fused-ring (bicyclic) bond motifs is 1. The fourth-order valence-electron chi connectivity index (χ4n) is 2.72. The Kier molecular flexibility index (Phi) is 3.38. The van der Waals surface area contributed by atoms with Crippen LogP contribution >= 0.6 is 11.8 Å². The van der Waals surface area contributed by atoms with Crippen LogP contribution in [-0.4, -0.2) is 56.8 Å². The molecule has 3 heterocycles. The summed E-state index contributed by atoms with van der Waals surface area (Å²) >= 11 is 1.50. The lowest BCUT2D eigenvalue weighted by Gasteiger charge is -2.16. The van der Waals surface area contributed by atoms with Gasteiger partial charge in [-0.25, -0.2) is 4.68 Å². The molecule has 4 atom stereocenters. The van der Waals surface area contributed by atoms with E-state index in [0.717, 1.165) is 4.90 Å². The fraction of sp³-hybridized carbons (Fsp3) is 0.462. The minimum atomic E-state index is -0.568. The molecule has 2 fully saturated rings. The van der Waals surface area contributed by atoms with Gasteiger partial charge in [-0.15, -0.1) is 5.10 Å². The summed E-state index contributed by atoms with van der Waals surface area (Å²) in [6.07, 6.45) is -1.05. The molecule has 0 bridgehead atoms. The van der Waals surface area contributed by atoms with Crippen LogP contribution in [0.1, 0.15) is 6.04 Å². The van der Waals surface area contributed by atoms with Gasteiger partial charge in [0.25, 0.3) is 0 Å². The van der Waals surface area contributed by atoms with Crippen molar-refractivity contribution in [1.29, 1.82) is 0 Å². The quantitative estimate of drug-likeness (QED) is 0.885. The SMILES string of the molecule is OC1COC2C1OCC2n1nnnc1Sc1ccccc1. The van der Waals surface area contributed by atoms with E-state index >= 15 is 0 Å². The van der Waals surface area contributed by atoms with Crippen molar-refractivity contribution in [3.8, 4) is 0 Å². The van der Waals surface area contributed by atoms with E-state index in [2.05, 4.69) is 15.5 Å². The predicted octanol–water partition coefficient (Wildman–Crippen LogP) is 0.524. The van der Waals surface area contributed by atoms with Gasteiger partial charge in [-0.2, -0.15) is 0 Å². The number of tetrazole rings is 1. The molecule has 0 aliphatic carbocycles. The molecular formula is C13H14N4O3S. The highest BCUT2D eigenvalue weighted by Crippen LogP contribution is 2.36. The first kappa shape index (κ1) is 13.2. The highest BCUT2D eigenvalue weighted by atomic mass is 32.2. The monoisotopic (exact) mass is 306 g/mol. The van der Waals surface area contributed by atoms with Crippen molar-refractivity contribution in [2.24, 2.45) is 0 Å². The third-order valence-corrected chi connectivity index (χ3v) is 4.69. The van der Waals surface area contributed by atoms with E-state index in [0.29, 0.717) is 18.4 Å². The highest BCUT2D eigenvalue weighted by molar-refractivity contribution is 7.99. The second kappa shape index (κ2) is 5.38. The number of ether oxygens (including phenoxy) is 2. The van der Waals surface area contributed by atoms with E-state index < -0.39 is 6.10 Å². The molecule has 0 radical (unpaired) electrons. The van der Waals surface area contributed by atoms with Crippen LogP contribution in [0.4, 0.5) is 0 Å². The Balaban J connectivity index is 1.58. The van der Waals surface area contributed by atoms with Crippen LogP contribution in [0.2, 0.25) is 0 Å². The molecular weight excluding hydrogens is 292 g/mol. The first-order valence-corrected chi connectivity index (χ1v) is 7.56. The third-order valence-electron chi connectivity index (χ3n) is 3.73. The third kappa shape index (κ3) is 2.34. The first-order chi connectivity index (χ1) is 10.3. The normalized spacial score (nSPS) is 31.5. The Labute approximate surface area is 125 Å². The summed E-state index contributed by atoms with van der Waals surface area (Å²) < 4.78 is 13.0. The van der Waals surface area contributed by atoms with Gasteiger partial charge in [-0.05, 0) is 34.3 Å². The number of rotatable bonds is 3. The number of nitrogens with zero attached hydrogens (tertiary/aromatic N) is 4. The molecule has 2 aliphatic heterocycles. The Morgan fingerprint density at radius 3 is 2.81 bits per heavy atom. The second-order valence-electron chi connectivity index (χ2n) is 5.05. The van der Waals surface area contributed by atoms with E-state index in [4.69, 9.17) is 9.47 Å². The zero-order valence-corrected chi connectivity index (χ0v) is 11.9. The van der Waals surface area contributed by atoms with Gasteiger partial charge in [0.15, 0.2) is 0 Å². The molecule has 0 amide bonds. The van der Waals surface area contributed by atoms with Crippen molar-refractivity contribution >= 4 is 11.8 Å². The van der Waals surface area contributed by atoms with Gasteiger partial charge >= 0.3 is 0 Å². The molecule has 4 unspecified atom stereocenters. The number of hydrogen-bond donors (Lipinski definition) is 1. The van der Waals surface area contributed by atoms with E-state index in [1.807, 2.05) is 30.3 Å². The van der Waals surface area contributed by atoms with Gasteiger partial charge in [0.1, 0.15) is 24.4 Å². The summed E-state index contributed by atoms with van der Waals surface area (Å²) in [4.78, 5) is 1.07. The molecule has 1 N–H and O–H groups in total. The average Bonchev–Trinajstić information content (AvgIpc) is 3.19. The van der Waals surface area contributed by atoms with Gasteiger partial charge in [-0.3, -0.25) is 0 Å². The summed E-state index contributed by atoms with van der Waals surface area (Å²) in [7, 11) is 0. The summed E-state index contributed by atoms with van der Waals surface area (Å²) in [5.41, 5.74) is 0. The lowest BCUT2D eigenvalue weighted by Crippen LogP contribution is -2.30. The van der Waals surface area contributed by atoms with E-state index in [-0.39, 0.29) is 18.2 Å². The van der Waals surface area contributed by atoms with Gasteiger partial charge in [-0.1, -0.05) is 18.2 Å². The number of benzene rings is 1. The average molecular weight is 306 g/mol. The van der Waals surface area contributed by atoms with Gasteiger partial charge in [0.2, 0.25) is 5.16 Å². The standard InChI is InChI=1S/C13H14N4O3S/c18-10-7-20-11-9(6-19-12(10)11)17-13(14-15-16-17)21-8-4-2-1-3-5-8/h1-5,9-12,18H,6-7H2. The predicted molar refractivity (Wildman–Crippen MR) is 72.9 cm³/mol. The largest absolute Gasteiger partial charge is 0.388 e.